The van der Waals surface area contributed by atoms with Crippen LogP contribution in [0.5, 0.6) is 0 Å². The van der Waals surface area contributed by atoms with Gasteiger partial charge in [-0.15, -0.1) is 0 Å². The smallest absolute Gasteiger partial charge is 0.274 e. The molecule has 132 valence electrons. The largest absolute Gasteiger partial charge is 0.326 e. The average Bonchev–Trinajstić information content (AvgIpc) is 2.57. The Labute approximate surface area is 151 Å². The lowest BCUT2D eigenvalue weighted by Gasteiger charge is -2.14. The van der Waals surface area contributed by atoms with Crippen LogP contribution in [0.2, 0.25) is 5.02 Å². The van der Waals surface area contributed by atoms with Gasteiger partial charge in [0.1, 0.15) is 0 Å². The summed E-state index contributed by atoms with van der Waals surface area (Å²) in [5.74, 6) is -0.195. The highest BCUT2D eigenvalue weighted by Gasteiger charge is 2.14. The van der Waals surface area contributed by atoms with E-state index in [0.717, 1.165) is 5.56 Å². The van der Waals surface area contributed by atoms with Gasteiger partial charge in [-0.2, -0.15) is 0 Å². The van der Waals surface area contributed by atoms with E-state index in [-0.39, 0.29) is 24.1 Å². The Morgan fingerprint density at radius 1 is 1.24 bits per heavy atom. The molecule has 0 aliphatic carbocycles. The molecule has 1 atom stereocenters. The molecule has 0 saturated carbocycles. The van der Waals surface area contributed by atoms with E-state index in [9.17, 15) is 14.9 Å². The fourth-order valence-electron chi connectivity index (χ4n) is 2.44. The van der Waals surface area contributed by atoms with Gasteiger partial charge in [-0.25, -0.2) is 0 Å². The van der Waals surface area contributed by atoms with Gasteiger partial charge < -0.3 is 10.6 Å². The molecule has 2 aromatic rings. The fraction of sp³-hybridized carbons (Fsp3) is 0.278. The summed E-state index contributed by atoms with van der Waals surface area (Å²) in [5.41, 5.74) is 1.99. The maximum atomic E-state index is 12.1. The number of carbonyl (C=O) groups excluding carboxylic acids is 1. The maximum Gasteiger partial charge on any atom is 0.274 e. The molecule has 2 rings (SSSR count). The second kappa shape index (κ2) is 8.60. The third-order valence-corrected chi connectivity index (χ3v) is 4.20. The van der Waals surface area contributed by atoms with E-state index in [4.69, 9.17) is 11.6 Å². The summed E-state index contributed by atoms with van der Waals surface area (Å²) < 4.78 is 0. The Kier molecular flexibility index (Phi) is 6.50. The first kappa shape index (κ1) is 18.9. The van der Waals surface area contributed by atoms with Crippen LogP contribution in [0.15, 0.2) is 42.5 Å². The van der Waals surface area contributed by atoms with Gasteiger partial charge in [0.15, 0.2) is 0 Å². The van der Waals surface area contributed by atoms with Crippen LogP contribution in [-0.2, 0) is 4.79 Å². The fourth-order valence-corrected chi connectivity index (χ4v) is 2.57. The maximum absolute atomic E-state index is 12.1. The molecule has 0 fully saturated rings. The van der Waals surface area contributed by atoms with Crippen LogP contribution in [0.25, 0.3) is 0 Å². The zero-order valence-electron chi connectivity index (χ0n) is 14.1. The van der Waals surface area contributed by atoms with Crippen LogP contribution in [0.4, 0.5) is 11.4 Å². The monoisotopic (exact) mass is 361 g/mol. The van der Waals surface area contributed by atoms with E-state index in [1.807, 2.05) is 31.2 Å². The van der Waals surface area contributed by atoms with Crippen LogP contribution in [0, 0.1) is 17.0 Å². The number of nitrogens with one attached hydrogen (secondary N) is 2. The number of amides is 1. The number of nitro groups is 1. The van der Waals surface area contributed by atoms with Crippen molar-refractivity contribution in [2.75, 3.05) is 11.9 Å². The minimum absolute atomic E-state index is 0.00714. The number of rotatable bonds is 7. The van der Waals surface area contributed by atoms with Crippen LogP contribution in [0.1, 0.15) is 30.5 Å². The van der Waals surface area contributed by atoms with Gasteiger partial charge in [-0.1, -0.05) is 29.8 Å². The summed E-state index contributed by atoms with van der Waals surface area (Å²) in [5, 5.41) is 17.6. The summed E-state index contributed by atoms with van der Waals surface area (Å²) in [6.07, 6.45) is 0.264. The minimum atomic E-state index is -0.458. The molecule has 1 amide bonds. The Bertz CT molecular complexity index is 763. The number of hydrogen-bond donors (Lipinski definition) is 2. The van der Waals surface area contributed by atoms with Crippen LogP contribution in [-0.4, -0.2) is 17.4 Å². The number of carbonyl (C=O) groups is 1. The molecule has 7 heteroatoms. The van der Waals surface area contributed by atoms with E-state index in [1.54, 1.807) is 19.1 Å². The number of halogens is 1. The van der Waals surface area contributed by atoms with Gasteiger partial charge in [0.05, 0.1) is 16.2 Å². The zero-order valence-corrected chi connectivity index (χ0v) is 14.8. The molecule has 1 unspecified atom stereocenters. The molecule has 0 saturated heterocycles. The molecule has 0 aliphatic heterocycles. The van der Waals surface area contributed by atoms with E-state index in [0.29, 0.717) is 22.8 Å². The number of benzene rings is 2. The number of nitro benzene ring substituents is 1. The average molecular weight is 362 g/mol. The van der Waals surface area contributed by atoms with Crippen molar-refractivity contribution in [3.05, 3.63) is 68.7 Å². The molecule has 2 aromatic carbocycles. The molecule has 2 N–H and O–H groups in total. The summed E-state index contributed by atoms with van der Waals surface area (Å²) in [6, 6.07) is 12.2. The standard InChI is InChI=1S/C18H20ClN3O3/c1-12-16(4-3-5-17(12)22(24)25)21-18(23)10-11-20-13(2)14-6-8-15(19)9-7-14/h3-9,13,20H,10-11H2,1-2H3,(H,21,23). The van der Waals surface area contributed by atoms with Crippen molar-refractivity contribution >= 4 is 28.9 Å². The molecule has 0 spiro atoms. The molecule has 0 bridgehead atoms. The highest BCUT2D eigenvalue weighted by Crippen LogP contribution is 2.25. The van der Waals surface area contributed by atoms with E-state index in [1.165, 1.54) is 6.07 Å². The van der Waals surface area contributed by atoms with E-state index >= 15 is 0 Å². The molecule has 6 nitrogen and oxygen atoms in total. The number of hydrogen-bond acceptors (Lipinski definition) is 4. The molecule has 0 aromatic heterocycles. The van der Waals surface area contributed by atoms with Crippen LogP contribution in [0.3, 0.4) is 0 Å². The second-order valence-electron chi connectivity index (χ2n) is 5.73. The predicted octanol–water partition coefficient (Wildman–Crippen LogP) is 4.24. The minimum Gasteiger partial charge on any atom is -0.326 e. The lowest BCUT2D eigenvalue weighted by Crippen LogP contribution is -2.24. The molecular formula is C18H20ClN3O3. The second-order valence-corrected chi connectivity index (χ2v) is 6.17. The quantitative estimate of drug-likeness (QED) is 0.570. The number of anilines is 1. The SMILES string of the molecule is Cc1c(NC(=O)CCNC(C)c2ccc(Cl)cc2)cccc1[N+](=O)[O-]. The van der Waals surface area contributed by atoms with Crippen molar-refractivity contribution in [2.45, 2.75) is 26.3 Å². The van der Waals surface area contributed by atoms with Gasteiger partial charge in [-0.05, 0) is 37.6 Å². The van der Waals surface area contributed by atoms with Crippen molar-refractivity contribution in [3.8, 4) is 0 Å². The van der Waals surface area contributed by atoms with Crippen molar-refractivity contribution < 1.29 is 9.72 Å². The van der Waals surface area contributed by atoms with Crippen molar-refractivity contribution in [1.29, 1.82) is 0 Å². The summed E-state index contributed by atoms with van der Waals surface area (Å²) in [4.78, 5) is 22.5. The van der Waals surface area contributed by atoms with Gasteiger partial charge in [0.2, 0.25) is 5.91 Å². The summed E-state index contributed by atoms with van der Waals surface area (Å²) >= 11 is 5.87. The Morgan fingerprint density at radius 3 is 2.56 bits per heavy atom. The van der Waals surface area contributed by atoms with Gasteiger partial charge in [0, 0.05) is 30.1 Å². The molecular weight excluding hydrogens is 342 g/mol. The summed E-state index contributed by atoms with van der Waals surface area (Å²) in [7, 11) is 0. The highest BCUT2D eigenvalue weighted by molar-refractivity contribution is 6.30. The van der Waals surface area contributed by atoms with Crippen molar-refractivity contribution in [2.24, 2.45) is 0 Å². The molecule has 0 aliphatic rings. The predicted molar refractivity (Wildman–Crippen MR) is 98.9 cm³/mol. The van der Waals surface area contributed by atoms with E-state index < -0.39 is 4.92 Å². The lowest BCUT2D eigenvalue weighted by atomic mass is 10.1. The first-order valence-electron chi connectivity index (χ1n) is 7.91. The van der Waals surface area contributed by atoms with Gasteiger partial charge in [-0.3, -0.25) is 14.9 Å². The lowest BCUT2D eigenvalue weighted by molar-refractivity contribution is -0.385. The summed E-state index contributed by atoms with van der Waals surface area (Å²) in [6.45, 7) is 4.12. The number of nitrogens with zero attached hydrogens (tertiary/aromatic N) is 1. The topological polar surface area (TPSA) is 84.3 Å². The molecule has 25 heavy (non-hydrogen) atoms. The van der Waals surface area contributed by atoms with Crippen molar-refractivity contribution in [1.82, 2.24) is 5.32 Å². The Balaban J connectivity index is 1.86. The van der Waals surface area contributed by atoms with E-state index in [2.05, 4.69) is 10.6 Å². The molecule has 0 heterocycles. The van der Waals surface area contributed by atoms with Crippen LogP contribution < -0.4 is 10.6 Å². The Hall–Kier alpha value is -2.44. The first-order valence-corrected chi connectivity index (χ1v) is 8.29. The van der Waals surface area contributed by atoms with Gasteiger partial charge >= 0.3 is 0 Å². The zero-order chi connectivity index (χ0) is 18.4. The first-order chi connectivity index (χ1) is 11.9. The highest BCUT2D eigenvalue weighted by atomic mass is 35.5. The van der Waals surface area contributed by atoms with Crippen LogP contribution >= 0.6 is 11.6 Å². The third kappa shape index (κ3) is 5.27. The normalized spacial score (nSPS) is 11.8. The Morgan fingerprint density at radius 2 is 1.92 bits per heavy atom. The van der Waals surface area contributed by atoms with Gasteiger partial charge in [0.25, 0.3) is 5.69 Å². The third-order valence-electron chi connectivity index (χ3n) is 3.95. The van der Waals surface area contributed by atoms with Crippen molar-refractivity contribution in [3.63, 3.8) is 0 Å². The molecule has 0 radical (unpaired) electrons.